The maximum atomic E-state index is 13.4. The fraction of sp³-hybridized carbons (Fsp3) is 0.250. The van der Waals surface area contributed by atoms with Crippen molar-refractivity contribution in [1.82, 2.24) is 19.4 Å². The molecule has 0 spiro atoms. The van der Waals surface area contributed by atoms with Gasteiger partial charge in [0.05, 0.1) is 24.6 Å². The van der Waals surface area contributed by atoms with Crippen molar-refractivity contribution in [3.05, 3.63) is 66.1 Å². The molecule has 0 fully saturated rings. The van der Waals surface area contributed by atoms with E-state index in [-0.39, 0.29) is 11.7 Å². The summed E-state index contributed by atoms with van der Waals surface area (Å²) in [5.74, 6) is 0.592. The van der Waals surface area contributed by atoms with Crippen LogP contribution < -0.4 is 4.74 Å². The van der Waals surface area contributed by atoms with Gasteiger partial charge in [0.15, 0.2) is 0 Å². The summed E-state index contributed by atoms with van der Waals surface area (Å²) in [5.41, 5.74) is 2.36. The minimum atomic E-state index is -0.430. The van der Waals surface area contributed by atoms with Gasteiger partial charge < -0.3 is 14.2 Å². The highest BCUT2D eigenvalue weighted by Gasteiger charge is 2.24. The first-order valence-corrected chi connectivity index (χ1v) is 8.75. The molecule has 2 aromatic heterocycles. The van der Waals surface area contributed by atoms with Gasteiger partial charge >= 0.3 is 0 Å². The van der Waals surface area contributed by atoms with Crippen LogP contribution in [0.4, 0.5) is 4.39 Å². The number of hydrogen-bond acceptors (Lipinski definition) is 4. The highest BCUT2D eigenvalue weighted by molar-refractivity contribution is 5.97. The third-order valence-corrected chi connectivity index (χ3v) is 4.78. The van der Waals surface area contributed by atoms with E-state index in [0.29, 0.717) is 31.6 Å². The molecule has 3 heterocycles. The van der Waals surface area contributed by atoms with Crippen molar-refractivity contribution in [2.24, 2.45) is 0 Å². The van der Waals surface area contributed by atoms with Gasteiger partial charge in [-0.3, -0.25) is 9.78 Å². The van der Waals surface area contributed by atoms with Crippen LogP contribution in [0.5, 0.6) is 5.75 Å². The summed E-state index contributed by atoms with van der Waals surface area (Å²) in [6, 6.07) is 7.87. The normalized spacial score (nSPS) is 13.8. The molecule has 0 saturated carbocycles. The summed E-state index contributed by atoms with van der Waals surface area (Å²) in [4.78, 5) is 23.4. The van der Waals surface area contributed by atoms with Crippen LogP contribution in [0.1, 0.15) is 16.2 Å². The Balaban J connectivity index is 1.57. The Kier molecular flexibility index (Phi) is 4.58. The summed E-state index contributed by atoms with van der Waals surface area (Å²) < 4.78 is 20.7. The van der Waals surface area contributed by atoms with Crippen LogP contribution in [-0.4, -0.2) is 45.5 Å². The number of pyridine rings is 1. The predicted octanol–water partition coefficient (Wildman–Crippen LogP) is 2.79. The largest absolute Gasteiger partial charge is 0.496 e. The first-order valence-electron chi connectivity index (χ1n) is 8.75. The number of benzene rings is 1. The Morgan fingerprint density at radius 2 is 2.07 bits per heavy atom. The van der Waals surface area contributed by atoms with E-state index in [1.807, 2.05) is 24.5 Å². The number of methoxy groups -OCH3 is 1. The number of carbonyl (C=O) groups is 1. The molecule has 7 heteroatoms. The molecule has 0 atom stereocenters. The maximum Gasteiger partial charge on any atom is 0.257 e. The molecule has 0 N–H and O–H groups in total. The van der Waals surface area contributed by atoms with E-state index in [9.17, 15) is 9.18 Å². The summed E-state index contributed by atoms with van der Waals surface area (Å²) in [5, 5.41) is 0. The van der Waals surface area contributed by atoms with E-state index < -0.39 is 5.82 Å². The monoisotopic (exact) mass is 366 g/mol. The Bertz CT molecular complexity index is 971. The number of ether oxygens (including phenoxy) is 1. The van der Waals surface area contributed by atoms with Gasteiger partial charge in [-0.1, -0.05) is 0 Å². The van der Waals surface area contributed by atoms with Crippen LogP contribution in [0.25, 0.3) is 11.3 Å². The molecule has 3 aromatic rings. The molecule has 138 valence electrons. The molecule has 27 heavy (non-hydrogen) atoms. The van der Waals surface area contributed by atoms with E-state index >= 15 is 0 Å². The summed E-state index contributed by atoms with van der Waals surface area (Å²) in [6.45, 7) is 1.72. The number of imidazole rings is 1. The van der Waals surface area contributed by atoms with E-state index in [1.54, 1.807) is 11.1 Å². The topological polar surface area (TPSA) is 60.2 Å². The van der Waals surface area contributed by atoms with Crippen molar-refractivity contribution in [2.45, 2.75) is 13.0 Å². The second-order valence-electron chi connectivity index (χ2n) is 6.34. The predicted molar refractivity (Wildman–Crippen MR) is 98.0 cm³/mol. The van der Waals surface area contributed by atoms with Crippen molar-refractivity contribution in [1.29, 1.82) is 0 Å². The van der Waals surface area contributed by atoms with Crippen LogP contribution in [0.15, 0.2) is 48.9 Å². The van der Waals surface area contributed by atoms with Crippen molar-refractivity contribution in [2.75, 3.05) is 20.2 Å². The van der Waals surface area contributed by atoms with Crippen molar-refractivity contribution in [3.8, 4) is 17.0 Å². The smallest absolute Gasteiger partial charge is 0.257 e. The summed E-state index contributed by atoms with van der Waals surface area (Å²) >= 11 is 0. The highest BCUT2D eigenvalue weighted by atomic mass is 19.1. The van der Waals surface area contributed by atoms with E-state index in [2.05, 4.69) is 14.5 Å². The number of hydrogen-bond donors (Lipinski definition) is 0. The fourth-order valence-electron chi connectivity index (χ4n) is 3.39. The molecule has 0 unspecified atom stereocenters. The molecule has 1 aliphatic rings. The fourth-order valence-corrected chi connectivity index (χ4v) is 3.39. The minimum absolute atomic E-state index is 0.166. The molecule has 0 aliphatic carbocycles. The Morgan fingerprint density at radius 1 is 1.19 bits per heavy atom. The summed E-state index contributed by atoms with van der Waals surface area (Å²) in [6.07, 6.45) is 6.05. The number of nitrogens with zero attached hydrogens (tertiary/aromatic N) is 4. The maximum absolute atomic E-state index is 13.4. The van der Waals surface area contributed by atoms with Gasteiger partial charge in [-0.05, 0) is 24.3 Å². The lowest BCUT2D eigenvalue weighted by Crippen LogP contribution is -2.34. The average molecular weight is 366 g/mol. The zero-order valence-electron chi connectivity index (χ0n) is 14.9. The second-order valence-corrected chi connectivity index (χ2v) is 6.34. The van der Waals surface area contributed by atoms with Gasteiger partial charge in [-0.15, -0.1) is 0 Å². The number of aromatic nitrogens is 3. The van der Waals surface area contributed by atoms with E-state index in [1.165, 1.54) is 25.3 Å². The lowest BCUT2D eigenvalue weighted by atomic mass is 10.1. The van der Waals surface area contributed by atoms with E-state index in [0.717, 1.165) is 17.1 Å². The van der Waals surface area contributed by atoms with Crippen molar-refractivity contribution >= 4 is 5.91 Å². The standard InChI is InChI=1S/C20H19FN4O2/c1-27-18-11-15(21)4-5-16(18)20(26)24-8-6-19-23-13-17(25(19)10-9-24)14-3-2-7-22-12-14/h2-5,7,11-13H,6,8-10H2,1H3. The Labute approximate surface area is 156 Å². The first kappa shape index (κ1) is 17.2. The van der Waals surface area contributed by atoms with Gasteiger partial charge in [0, 0.05) is 50.1 Å². The summed E-state index contributed by atoms with van der Waals surface area (Å²) in [7, 11) is 1.43. The highest BCUT2D eigenvalue weighted by Crippen LogP contribution is 2.25. The molecule has 6 nitrogen and oxygen atoms in total. The first-order chi connectivity index (χ1) is 13.2. The van der Waals surface area contributed by atoms with Gasteiger partial charge in [-0.2, -0.15) is 0 Å². The molecule has 0 bridgehead atoms. The van der Waals surface area contributed by atoms with Crippen LogP contribution in [0.2, 0.25) is 0 Å². The molecule has 0 radical (unpaired) electrons. The zero-order valence-corrected chi connectivity index (χ0v) is 14.9. The zero-order chi connectivity index (χ0) is 18.8. The van der Waals surface area contributed by atoms with Gasteiger partial charge in [-0.25, -0.2) is 9.37 Å². The quantitative estimate of drug-likeness (QED) is 0.715. The molecule has 1 aromatic carbocycles. The van der Waals surface area contributed by atoms with Crippen LogP contribution >= 0.6 is 0 Å². The minimum Gasteiger partial charge on any atom is -0.496 e. The van der Waals surface area contributed by atoms with Gasteiger partial charge in [0.2, 0.25) is 0 Å². The number of rotatable bonds is 3. The third-order valence-electron chi connectivity index (χ3n) is 4.78. The van der Waals surface area contributed by atoms with Crippen molar-refractivity contribution in [3.63, 3.8) is 0 Å². The molecule has 4 rings (SSSR count). The number of fused-ring (bicyclic) bond motifs is 1. The third kappa shape index (κ3) is 3.28. The molecule has 1 aliphatic heterocycles. The average Bonchev–Trinajstić information content (AvgIpc) is 2.99. The van der Waals surface area contributed by atoms with Crippen LogP contribution in [0.3, 0.4) is 0 Å². The molecule has 0 saturated heterocycles. The van der Waals surface area contributed by atoms with Crippen LogP contribution in [0, 0.1) is 5.82 Å². The van der Waals surface area contributed by atoms with Crippen molar-refractivity contribution < 1.29 is 13.9 Å². The lowest BCUT2D eigenvalue weighted by molar-refractivity contribution is 0.0755. The number of amides is 1. The SMILES string of the molecule is COc1cc(F)ccc1C(=O)N1CCc2ncc(-c3cccnc3)n2CC1. The van der Waals surface area contributed by atoms with E-state index in [4.69, 9.17) is 4.74 Å². The number of halogens is 1. The van der Waals surface area contributed by atoms with Gasteiger partial charge in [0.25, 0.3) is 5.91 Å². The Hall–Kier alpha value is -3.22. The molecule has 1 amide bonds. The van der Waals surface area contributed by atoms with Gasteiger partial charge in [0.1, 0.15) is 17.4 Å². The Morgan fingerprint density at radius 3 is 2.85 bits per heavy atom. The number of carbonyl (C=O) groups excluding carboxylic acids is 1. The van der Waals surface area contributed by atoms with Crippen LogP contribution in [-0.2, 0) is 13.0 Å². The second kappa shape index (κ2) is 7.19. The molecular formula is C20H19FN4O2. The lowest BCUT2D eigenvalue weighted by Gasteiger charge is -2.21. The molecular weight excluding hydrogens is 347 g/mol.